The molecular weight excluding hydrogens is 483 g/mol. The van der Waals surface area contributed by atoms with Crippen molar-refractivity contribution in [3.05, 3.63) is 87.6 Å². The largest absolute Gasteiger partial charge is 0.496 e. The Morgan fingerprint density at radius 3 is 2.44 bits per heavy atom. The Labute approximate surface area is 191 Å². The van der Waals surface area contributed by atoms with Crippen molar-refractivity contribution in [2.24, 2.45) is 5.10 Å². The Bertz CT molecular complexity index is 1180. The van der Waals surface area contributed by atoms with Crippen molar-refractivity contribution in [1.29, 1.82) is 0 Å². The van der Waals surface area contributed by atoms with Gasteiger partial charge >= 0.3 is 5.97 Å². The molecule has 0 atom stereocenters. The van der Waals surface area contributed by atoms with Gasteiger partial charge in [-0.2, -0.15) is 5.10 Å². The minimum Gasteiger partial charge on any atom is -0.496 e. The lowest BCUT2D eigenvalue weighted by atomic mass is 10.2. The standard InChI is InChI=1S/C23H18BrFN2O5/c1-30-19-9-7-16(24)12-18(19)22(28)27-26-13-14-6-8-20(21(10-14)31-2)32-23(29)15-4-3-5-17(25)11-15/h3-13H,1-2H3,(H,27,28). The number of methoxy groups -OCH3 is 2. The zero-order valence-corrected chi connectivity index (χ0v) is 18.7. The lowest BCUT2D eigenvalue weighted by molar-refractivity contribution is 0.0729. The SMILES string of the molecule is COc1cc(C=NNC(=O)c2cc(Br)ccc2OC)ccc1OC(=O)c1cccc(F)c1. The summed E-state index contributed by atoms with van der Waals surface area (Å²) < 4.78 is 29.8. The Morgan fingerprint density at radius 1 is 0.969 bits per heavy atom. The van der Waals surface area contributed by atoms with E-state index in [0.29, 0.717) is 16.9 Å². The van der Waals surface area contributed by atoms with E-state index in [4.69, 9.17) is 14.2 Å². The van der Waals surface area contributed by atoms with Gasteiger partial charge in [0, 0.05) is 4.47 Å². The first-order valence-electron chi connectivity index (χ1n) is 9.24. The molecule has 0 aliphatic carbocycles. The first-order valence-corrected chi connectivity index (χ1v) is 10.0. The molecule has 0 aliphatic rings. The van der Waals surface area contributed by atoms with Crippen LogP contribution in [0.2, 0.25) is 0 Å². The summed E-state index contributed by atoms with van der Waals surface area (Å²) in [6.45, 7) is 0. The number of nitrogens with zero attached hydrogens (tertiary/aromatic N) is 1. The van der Waals surface area contributed by atoms with E-state index in [-0.39, 0.29) is 17.1 Å². The van der Waals surface area contributed by atoms with Crippen LogP contribution in [0.1, 0.15) is 26.3 Å². The van der Waals surface area contributed by atoms with Crippen molar-refractivity contribution in [3.8, 4) is 17.2 Å². The van der Waals surface area contributed by atoms with E-state index in [1.54, 1.807) is 30.3 Å². The zero-order chi connectivity index (χ0) is 23.1. The number of amides is 1. The highest BCUT2D eigenvalue weighted by atomic mass is 79.9. The van der Waals surface area contributed by atoms with E-state index in [1.807, 2.05) is 0 Å². The number of carbonyl (C=O) groups excluding carboxylic acids is 2. The number of ether oxygens (including phenoxy) is 3. The maximum absolute atomic E-state index is 13.3. The number of hydrogen-bond donors (Lipinski definition) is 1. The molecule has 7 nitrogen and oxygen atoms in total. The fourth-order valence-electron chi connectivity index (χ4n) is 2.71. The molecule has 0 spiro atoms. The van der Waals surface area contributed by atoms with Gasteiger partial charge in [-0.3, -0.25) is 4.79 Å². The first kappa shape index (κ1) is 23.0. The van der Waals surface area contributed by atoms with E-state index in [9.17, 15) is 14.0 Å². The summed E-state index contributed by atoms with van der Waals surface area (Å²) in [4.78, 5) is 24.6. The van der Waals surface area contributed by atoms with Gasteiger partial charge in [0.15, 0.2) is 11.5 Å². The molecule has 0 aromatic heterocycles. The van der Waals surface area contributed by atoms with Crippen LogP contribution in [0, 0.1) is 5.82 Å². The lowest BCUT2D eigenvalue weighted by Gasteiger charge is -2.10. The van der Waals surface area contributed by atoms with Crippen LogP contribution in [0.15, 0.2) is 70.2 Å². The van der Waals surface area contributed by atoms with Crippen LogP contribution in [0.3, 0.4) is 0 Å². The van der Waals surface area contributed by atoms with Crippen LogP contribution >= 0.6 is 15.9 Å². The summed E-state index contributed by atoms with van der Waals surface area (Å²) in [6.07, 6.45) is 1.41. The minimum atomic E-state index is -0.723. The molecule has 0 saturated carbocycles. The maximum Gasteiger partial charge on any atom is 0.343 e. The van der Waals surface area contributed by atoms with Gasteiger partial charge in [0.2, 0.25) is 0 Å². The average Bonchev–Trinajstić information content (AvgIpc) is 2.79. The molecule has 9 heteroatoms. The second-order valence-corrected chi connectivity index (χ2v) is 7.27. The van der Waals surface area contributed by atoms with Gasteiger partial charge in [-0.25, -0.2) is 14.6 Å². The van der Waals surface area contributed by atoms with Gasteiger partial charge in [0.1, 0.15) is 11.6 Å². The van der Waals surface area contributed by atoms with Gasteiger partial charge in [0.05, 0.1) is 31.6 Å². The van der Waals surface area contributed by atoms with Crippen molar-refractivity contribution in [2.75, 3.05) is 14.2 Å². The molecule has 0 bridgehead atoms. The predicted octanol–water partition coefficient (Wildman–Crippen LogP) is 4.59. The smallest absolute Gasteiger partial charge is 0.343 e. The van der Waals surface area contributed by atoms with E-state index in [2.05, 4.69) is 26.5 Å². The van der Waals surface area contributed by atoms with Gasteiger partial charge in [-0.05, 0) is 60.2 Å². The number of hydrazone groups is 1. The second kappa shape index (κ2) is 10.5. The summed E-state index contributed by atoms with van der Waals surface area (Å²) >= 11 is 3.31. The van der Waals surface area contributed by atoms with Crippen molar-refractivity contribution in [3.63, 3.8) is 0 Å². The highest BCUT2D eigenvalue weighted by Gasteiger charge is 2.14. The third-order valence-electron chi connectivity index (χ3n) is 4.24. The minimum absolute atomic E-state index is 0.0726. The van der Waals surface area contributed by atoms with Crippen LogP contribution in [-0.4, -0.2) is 32.3 Å². The molecule has 0 heterocycles. The van der Waals surface area contributed by atoms with Crippen LogP contribution in [0.5, 0.6) is 17.2 Å². The summed E-state index contributed by atoms with van der Waals surface area (Å²) in [5.74, 6) is -0.889. The summed E-state index contributed by atoms with van der Waals surface area (Å²) in [5, 5.41) is 3.95. The Balaban J connectivity index is 1.70. The highest BCUT2D eigenvalue weighted by Crippen LogP contribution is 2.28. The van der Waals surface area contributed by atoms with E-state index >= 15 is 0 Å². The van der Waals surface area contributed by atoms with Gasteiger partial charge in [-0.15, -0.1) is 0 Å². The van der Waals surface area contributed by atoms with Crippen molar-refractivity contribution in [2.45, 2.75) is 0 Å². The number of halogens is 2. The number of esters is 1. The normalized spacial score (nSPS) is 10.6. The Morgan fingerprint density at radius 2 is 1.72 bits per heavy atom. The maximum atomic E-state index is 13.3. The van der Waals surface area contributed by atoms with E-state index in [1.165, 1.54) is 44.7 Å². The molecule has 3 aromatic rings. The summed E-state index contributed by atoms with van der Waals surface area (Å²) in [7, 11) is 2.88. The molecule has 0 aliphatic heterocycles. The fourth-order valence-corrected chi connectivity index (χ4v) is 3.07. The number of benzene rings is 3. The Kier molecular flexibility index (Phi) is 7.56. The summed E-state index contributed by atoms with van der Waals surface area (Å²) in [5.41, 5.74) is 3.39. The van der Waals surface area contributed by atoms with Gasteiger partial charge < -0.3 is 14.2 Å². The molecule has 164 valence electrons. The quantitative estimate of drug-likeness (QED) is 0.222. The molecule has 0 radical (unpaired) electrons. The molecule has 32 heavy (non-hydrogen) atoms. The third-order valence-corrected chi connectivity index (χ3v) is 4.73. The van der Waals surface area contributed by atoms with Crippen LogP contribution < -0.4 is 19.6 Å². The van der Waals surface area contributed by atoms with Crippen molar-refractivity contribution < 1.29 is 28.2 Å². The number of rotatable bonds is 7. The third kappa shape index (κ3) is 5.70. The van der Waals surface area contributed by atoms with Gasteiger partial charge in [0.25, 0.3) is 5.91 Å². The van der Waals surface area contributed by atoms with Crippen LogP contribution in [0.4, 0.5) is 4.39 Å². The lowest BCUT2D eigenvalue weighted by Crippen LogP contribution is -2.18. The average molecular weight is 501 g/mol. The number of carbonyl (C=O) groups is 2. The van der Waals surface area contributed by atoms with Crippen molar-refractivity contribution in [1.82, 2.24) is 5.43 Å². The van der Waals surface area contributed by atoms with Crippen molar-refractivity contribution >= 4 is 34.0 Å². The van der Waals surface area contributed by atoms with Crippen LogP contribution in [-0.2, 0) is 0 Å². The molecular formula is C23H18BrFN2O5. The second-order valence-electron chi connectivity index (χ2n) is 6.35. The fraction of sp³-hybridized carbons (Fsp3) is 0.0870. The molecule has 0 saturated heterocycles. The zero-order valence-electron chi connectivity index (χ0n) is 17.1. The molecule has 1 N–H and O–H groups in total. The molecule has 1 amide bonds. The van der Waals surface area contributed by atoms with E-state index < -0.39 is 17.7 Å². The topological polar surface area (TPSA) is 86.2 Å². The summed E-state index contributed by atoms with van der Waals surface area (Å²) in [6, 6.07) is 14.9. The number of nitrogens with one attached hydrogen (secondary N) is 1. The first-order chi connectivity index (χ1) is 15.4. The molecule has 3 rings (SSSR count). The monoisotopic (exact) mass is 500 g/mol. The number of hydrogen-bond acceptors (Lipinski definition) is 6. The predicted molar refractivity (Wildman–Crippen MR) is 120 cm³/mol. The molecule has 0 unspecified atom stereocenters. The molecule has 3 aromatic carbocycles. The Hall–Kier alpha value is -3.72. The highest BCUT2D eigenvalue weighted by molar-refractivity contribution is 9.10. The van der Waals surface area contributed by atoms with E-state index in [0.717, 1.165) is 10.5 Å². The van der Waals surface area contributed by atoms with Gasteiger partial charge in [-0.1, -0.05) is 22.0 Å². The molecule has 0 fully saturated rings. The van der Waals surface area contributed by atoms with Crippen LogP contribution in [0.25, 0.3) is 0 Å².